The zero-order chi connectivity index (χ0) is 22.2. The van der Waals surface area contributed by atoms with Gasteiger partial charge in [0, 0.05) is 23.7 Å². The maximum atomic E-state index is 13.4. The molecule has 4 aliphatic rings. The Balaban J connectivity index is 1.16. The topological polar surface area (TPSA) is 88.7 Å². The molecule has 1 aromatic carbocycles. The molecule has 1 aromatic rings. The number of piperidine rings is 1. The lowest BCUT2D eigenvalue weighted by atomic mass is 9.44. The summed E-state index contributed by atoms with van der Waals surface area (Å²) in [6.45, 7) is -2.81. The van der Waals surface area contributed by atoms with Gasteiger partial charge in [-0.3, -0.25) is 14.9 Å². The summed E-state index contributed by atoms with van der Waals surface area (Å²) in [4.78, 5) is 24.7. The number of alkyl halides is 2. The van der Waals surface area contributed by atoms with Gasteiger partial charge in [0.2, 0.25) is 5.91 Å². The molecule has 1 heterocycles. The highest BCUT2D eigenvalue weighted by atomic mass is 35.5. The van der Waals surface area contributed by atoms with Crippen molar-refractivity contribution in [2.75, 3.05) is 13.2 Å². The number of benzene rings is 1. The van der Waals surface area contributed by atoms with Crippen LogP contribution >= 0.6 is 11.6 Å². The van der Waals surface area contributed by atoms with Gasteiger partial charge in [-0.15, -0.1) is 0 Å². The van der Waals surface area contributed by atoms with Crippen molar-refractivity contribution in [1.82, 2.24) is 16.0 Å². The van der Waals surface area contributed by atoms with E-state index in [1.807, 2.05) is 0 Å². The Labute approximate surface area is 182 Å². The molecule has 0 aromatic heterocycles. The normalized spacial score (nSPS) is 31.4. The molecule has 3 N–H and O–H groups in total. The maximum absolute atomic E-state index is 13.4. The third-order valence-electron chi connectivity index (χ3n) is 6.09. The first-order valence-electron chi connectivity index (χ1n) is 10.1. The molecule has 3 saturated carbocycles. The van der Waals surface area contributed by atoms with E-state index in [2.05, 4.69) is 20.7 Å². The van der Waals surface area contributed by atoms with E-state index in [4.69, 9.17) is 16.3 Å². The van der Waals surface area contributed by atoms with Crippen molar-refractivity contribution in [2.24, 2.45) is 5.92 Å². The van der Waals surface area contributed by atoms with Crippen molar-refractivity contribution < 1.29 is 32.2 Å². The fourth-order valence-electron chi connectivity index (χ4n) is 4.76. The van der Waals surface area contributed by atoms with E-state index >= 15 is 0 Å². The Morgan fingerprint density at radius 3 is 2.52 bits per heavy atom. The standard InChI is InChI=1S/C20H23ClF3N3O4/c21-13-3-2-12(5-14(13)22)30-7-15(28)26-19-8-20(9-19,10-19)27-17(29)11-1-4-16(25-6-11)31-18(23)24/h2-3,5,11,16,18,25H,1,4,6-10H2,(H,26,28)(H,27,29). The molecule has 170 valence electrons. The Morgan fingerprint density at radius 1 is 1.19 bits per heavy atom. The molecule has 2 atom stereocenters. The van der Waals surface area contributed by atoms with Gasteiger partial charge in [-0.25, -0.2) is 4.39 Å². The molecule has 7 nitrogen and oxygen atoms in total. The van der Waals surface area contributed by atoms with Gasteiger partial charge in [-0.1, -0.05) is 11.6 Å². The van der Waals surface area contributed by atoms with Crippen molar-refractivity contribution in [3.63, 3.8) is 0 Å². The molecule has 31 heavy (non-hydrogen) atoms. The molecule has 1 saturated heterocycles. The van der Waals surface area contributed by atoms with Crippen LogP contribution in [-0.2, 0) is 14.3 Å². The number of amides is 2. The number of halogens is 4. The van der Waals surface area contributed by atoms with Crippen LogP contribution in [0.3, 0.4) is 0 Å². The van der Waals surface area contributed by atoms with Crippen LogP contribution in [0.1, 0.15) is 32.1 Å². The van der Waals surface area contributed by atoms with Gasteiger partial charge in [0.15, 0.2) is 6.61 Å². The third-order valence-corrected chi connectivity index (χ3v) is 6.40. The molecule has 2 amide bonds. The first-order chi connectivity index (χ1) is 14.7. The predicted octanol–water partition coefficient (Wildman–Crippen LogP) is 2.33. The summed E-state index contributed by atoms with van der Waals surface area (Å²) >= 11 is 5.61. The Hall–Kier alpha value is -2.04. The Kier molecular flexibility index (Phi) is 6.06. The van der Waals surface area contributed by atoms with Gasteiger partial charge in [0.25, 0.3) is 5.91 Å². The van der Waals surface area contributed by atoms with Crippen LogP contribution in [0.4, 0.5) is 13.2 Å². The zero-order valence-electron chi connectivity index (χ0n) is 16.6. The number of nitrogens with one attached hydrogen (secondary N) is 3. The zero-order valence-corrected chi connectivity index (χ0v) is 17.3. The Morgan fingerprint density at radius 2 is 1.90 bits per heavy atom. The molecule has 3 aliphatic carbocycles. The van der Waals surface area contributed by atoms with Crippen molar-refractivity contribution in [3.8, 4) is 5.75 Å². The van der Waals surface area contributed by atoms with E-state index in [1.165, 1.54) is 12.1 Å². The van der Waals surface area contributed by atoms with Crippen LogP contribution in [0, 0.1) is 11.7 Å². The summed E-state index contributed by atoms with van der Waals surface area (Å²) in [5.74, 6) is -1.15. The quantitative estimate of drug-likeness (QED) is 0.553. The molecular weight excluding hydrogens is 439 g/mol. The van der Waals surface area contributed by atoms with Crippen LogP contribution in [-0.4, -0.2) is 48.9 Å². The van der Waals surface area contributed by atoms with E-state index in [0.29, 0.717) is 32.1 Å². The first kappa shape index (κ1) is 22.2. The Bertz CT molecular complexity index is 844. The van der Waals surface area contributed by atoms with Crippen molar-refractivity contribution in [1.29, 1.82) is 0 Å². The second-order valence-corrected chi connectivity index (χ2v) is 8.97. The highest BCUT2D eigenvalue weighted by molar-refractivity contribution is 6.30. The lowest BCUT2D eigenvalue weighted by Gasteiger charge is -2.70. The second-order valence-electron chi connectivity index (χ2n) is 8.56. The van der Waals surface area contributed by atoms with E-state index < -0.39 is 18.7 Å². The summed E-state index contributed by atoms with van der Waals surface area (Å²) in [5, 5.41) is 8.76. The summed E-state index contributed by atoms with van der Waals surface area (Å²) < 4.78 is 47.6. The number of hydrogen-bond acceptors (Lipinski definition) is 5. The van der Waals surface area contributed by atoms with Gasteiger partial charge in [-0.05, 0) is 44.2 Å². The van der Waals surface area contributed by atoms with Gasteiger partial charge < -0.3 is 20.1 Å². The monoisotopic (exact) mass is 461 g/mol. The fraction of sp³-hybridized carbons (Fsp3) is 0.600. The number of hydrogen-bond donors (Lipinski definition) is 3. The number of carbonyl (C=O) groups excluding carboxylic acids is 2. The van der Waals surface area contributed by atoms with Gasteiger partial charge in [0.05, 0.1) is 10.9 Å². The maximum Gasteiger partial charge on any atom is 0.346 e. The molecule has 2 bridgehead atoms. The molecule has 1 aliphatic heterocycles. The van der Waals surface area contributed by atoms with E-state index in [0.717, 1.165) is 6.07 Å². The smallest absolute Gasteiger partial charge is 0.346 e. The third kappa shape index (κ3) is 4.91. The molecule has 2 unspecified atom stereocenters. The fourth-order valence-corrected chi connectivity index (χ4v) is 4.88. The van der Waals surface area contributed by atoms with Crippen molar-refractivity contribution >= 4 is 23.4 Å². The van der Waals surface area contributed by atoms with Gasteiger partial charge in [0.1, 0.15) is 17.8 Å². The van der Waals surface area contributed by atoms with Crippen LogP contribution in [0.2, 0.25) is 5.02 Å². The minimum absolute atomic E-state index is 0.0247. The van der Waals surface area contributed by atoms with Crippen LogP contribution in [0.5, 0.6) is 5.75 Å². The van der Waals surface area contributed by atoms with Gasteiger partial charge in [-0.2, -0.15) is 8.78 Å². The lowest BCUT2D eigenvalue weighted by molar-refractivity contribution is -0.179. The number of ether oxygens (including phenoxy) is 2. The second kappa shape index (κ2) is 8.48. The average molecular weight is 462 g/mol. The first-order valence-corrected chi connectivity index (χ1v) is 10.4. The molecule has 5 rings (SSSR count). The van der Waals surface area contributed by atoms with Crippen molar-refractivity contribution in [3.05, 3.63) is 29.0 Å². The van der Waals surface area contributed by atoms with Gasteiger partial charge >= 0.3 is 6.61 Å². The van der Waals surface area contributed by atoms with E-state index in [1.54, 1.807) is 0 Å². The molecular formula is C20H23ClF3N3O4. The van der Waals surface area contributed by atoms with Crippen LogP contribution in [0.15, 0.2) is 18.2 Å². The molecule has 4 fully saturated rings. The molecule has 11 heteroatoms. The van der Waals surface area contributed by atoms with Crippen molar-refractivity contribution in [2.45, 2.75) is 56.0 Å². The lowest BCUT2D eigenvalue weighted by Crippen LogP contribution is -2.84. The molecule has 0 spiro atoms. The summed E-state index contributed by atoms with van der Waals surface area (Å²) in [5.41, 5.74) is -0.666. The average Bonchev–Trinajstić information content (AvgIpc) is 2.66. The molecule has 0 radical (unpaired) electrons. The number of rotatable bonds is 8. The highest BCUT2D eigenvalue weighted by Crippen LogP contribution is 2.60. The predicted molar refractivity (Wildman–Crippen MR) is 104 cm³/mol. The summed E-state index contributed by atoms with van der Waals surface area (Å²) in [6, 6.07) is 3.95. The SMILES string of the molecule is O=C(COc1ccc(Cl)c(F)c1)NC12CC(NC(=O)C3CCC(OC(F)F)NC3)(C1)C2. The van der Waals surface area contributed by atoms with Crippen LogP contribution in [0.25, 0.3) is 0 Å². The van der Waals surface area contributed by atoms with E-state index in [9.17, 15) is 22.8 Å². The summed E-state index contributed by atoms with van der Waals surface area (Å²) in [6.07, 6.45) is 1.96. The largest absolute Gasteiger partial charge is 0.484 e. The minimum atomic E-state index is -2.84. The van der Waals surface area contributed by atoms with E-state index in [-0.39, 0.29) is 52.7 Å². The number of carbonyl (C=O) groups is 2. The summed E-state index contributed by atoms with van der Waals surface area (Å²) in [7, 11) is 0. The minimum Gasteiger partial charge on any atom is -0.484 e. The van der Waals surface area contributed by atoms with Crippen LogP contribution < -0.4 is 20.7 Å². The highest BCUT2D eigenvalue weighted by Gasteiger charge is 2.69.